The maximum Gasteiger partial charge on any atom is 0.266 e. The summed E-state index contributed by atoms with van der Waals surface area (Å²) in [5, 5.41) is 7.11. The lowest BCUT2D eigenvalue weighted by Gasteiger charge is -2.08. The van der Waals surface area contributed by atoms with Crippen LogP contribution in [0.2, 0.25) is 0 Å². The second kappa shape index (κ2) is 6.73. The minimum absolute atomic E-state index is 0.139. The van der Waals surface area contributed by atoms with Gasteiger partial charge in [0.2, 0.25) is 0 Å². The summed E-state index contributed by atoms with van der Waals surface area (Å²) in [6.45, 7) is 3.94. The lowest BCUT2D eigenvalue weighted by molar-refractivity contribution is 0.102. The summed E-state index contributed by atoms with van der Waals surface area (Å²) in [5.41, 5.74) is 4.89. The van der Waals surface area contributed by atoms with E-state index in [4.69, 9.17) is 0 Å². The maximum atomic E-state index is 12.4. The number of benzene rings is 2. The van der Waals surface area contributed by atoms with Crippen molar-refractivity contribution >= 4 is 11.6 Å². The molecule has 0 fully saturated rings. The number of amides is 1. The zero-order chi connectivity index (χ0) is 18.0. The van der Waals surface area contributed by atoms with Crippen LogP contribution in [0.3, 0.4) is 0 Å². The SMILES string of the molecule is Cc1cc(C)cc(C(=O)Nc2ccc(-c3ccc(=O)n(C)n3)cc2)c1. The molecule has 1 aromatic heterocycles. The predicted molar refractivity (Wildman–Crippen MR) is 98.8 cm³/mol. The second-order valence-corrected chi connectivity index (χ2v) is 6.09. The minimum atomic E-state index is -0.152. The Hall–Kier alpha value is -3.21. The van der Waals surface area contributed by atoms with Crippen LogP contribution in [0.1, 0.15) is 21.5 Å². The summed E-state index contributed by atoms with van der Waals surface area (Å²) in [7, 11) is 1.62. The molecule has 0 atom stereocenters. The molecule has 0 bridgehead atoms. The van der Waals surface area contributed by atoms with Crippen LogP contribution in [0, 0.1) is 13.8 Å². The van der Waals surface area contributed by atoms with Gasteiger partial charge in [-0.25, -0.2) is 4.68 Å². The summed E-state index contributed by atoms with van der Waals surface area (Å²) in [6, 6.07) is 16.3. The fourth-order valence-corrected chi connectivity index (χ4v) is 2.69. The van der Waals surface area contributed by atoms with Crippen molar-refractivity contribution in [2.45, 2.75) is 13.8 Å². The van der Waals surface area contributed by atoms with Crippen molar-refractivity contribution in [3.8, 4) is 11.3 Å². The Bertz CT molecular complexity index is 968. The number of rotatable bonds is 3. The van der Waals surface area contributed by atoms with E-state index in [-0.39, 0.29) is 11.5 Å². The van der Waals surface area contributed by atoms with E-state index in [9.17, 15) is 9.59 Å². The number of carbonyl (C=O) groups is 1. The molecule has 0 saturated heterocycles. The van der Waals surface area contributed by atoms with Gasteiger partial charge in [-0.2, -0.15) is 5.10 Å². The molecular weight excluding hydrogens is 314 g/mol. The molecule has 25 heavy (non-hydrogen) atoms. The van der Waals surface area contributed by atoms with Crippen molar-refractivity contribution < 1.29 is 4.79 Å². The molecule has 126 valence electrons. The molecule has 5 heteroatoms. The minimum Gasteiger partial charge on any atom is -0.322 e. The maximum absolute atomic E-state index is 12.4. The van der Waals surface area contributed by atoms with E-state index in [2.05, 4.69) is 10.4 Å². The molecule has 1 heterocycles. The van der Waals surface area contributed by atoms with E-state index in [1.807, 2.05) is 56.3 Å². The third kappa shape index (κ3) is 3.83. The van der Waals surface area contributed by atoms with Crippen molar-refractivity contribution in [2.75, 3.05) is 5.32 Å². The van der Waals surface area contributed by atoms with E-state index >= 15 is 0 Å². The molecule has 0 unspecified atom stereocenters. The predicted octanol–water partition coefficient (Wildman–Crippen LogP) is 3.32. The molecule has 2 aromatic carbocycles. The van der Waals surface area contributed by atoms with Gasteiger partial charge in [0.1, 0.15) is 0 Å². The highest BCUT2D eigenvalue weighted by molar-refractivity contribution is 6.04. The number of nitrogens with one attached hydrogen (secondary N) is 1. The van der Waals surface area contributed by atoms with E-state index in [1.165, 1.54) is 10.7 Å². The highest BCUT2D eigenvalue weighted by atomic mass is 16.1. The molecule has 5 nitrogen and oxygen atoms in total. The van der Waals surface area contributed by atoms with Gasteiger partial charge in [-0.05, 0) is 44.2 Å². The van der Waals surface area contributed by atoms with Crippen LogP contribution in [0.5, 0.6) is 0 Å². The number of aryl methyl sites for hydroxylation is 3. The van der Waals surface area contributed by atoms with Gasteiger partial charge in [0.25, 0.3) is 11.5 Å². The third-order valence-electron chi connectivity index (χ3n) is 3.88. The number of anilines is 1. The van der Waals surface area contributed by atoms with E-state index in [0.29, 0.717) is 16.9 Å². The zero-order valence-corrected chi connectivity index (χ0v) is 14.4. The lowest BCUT2D eigenvalue weighted by atomic mass is 10.1. The monoisotopic (exact) mass is 333 g/mol. The van der Waals surface area contributed by atoms with Crippen LogP contribution in [0.4, 0.5) is 5.69 Å². The van der Waals surface area contributed by atoms with Crippen LogP contribution in [0.25, 0.3) is 11.3 Å². The van der Waals surface area contributed by atoms with Crippen LogP contribution < -0.4 is 10.9 Å². The van der Waals surface area contributed by atoms with Gasteiger partial charge in [0, 0.05) is 29.9 Å². The van der Waals surface area contributed by atoms with Gasteiger partial charge in [-0.1, -0.05) is 29.3 Å². The highest BCUT2D eigenvalue weighted by Crippen LogP contribution is 2.19. The van der Waals surface area contributed by atoms with Gasteiger partial charge >= 0.3 is 0 Å². The molecule has 1 N–H and O–H groups in total. The summed E-state index contributed by atoms with van der Waals surface area (Å²) >= 11 is 0. The normalized spacial score (nSPS) is 10.5. The summed E-state index contributed by atoms with van der Waals surface area (Å²) in [5.74, 6) is -0.139. The van der Waals surface area contributed by atoms with Crippen LogP contribution >= 0.6 is 0 Å². The first kappa shape index (κ1) is 16.6. The Morgan fingerprint density at radius 1 is 0.960 bits per heavy atom. The molecule has 3 aromatic rings. The number of hydrogen-bond donors (Lipinski definition) is 1. The van der Waals surface area contributed by atoms with Crippen molar-refractivity contribution in [1.82, 2.24) is 9.78 Å². The number of aromatic nitrogens is 2. The molecule has 0 spiro atoms. The molecule has 0 saturated carbocycles. The first-order valence-corrected chi connectivity index (χ1v) is 7.97. The van der Waals surface area contributed by atoms with Gasteiger partial charge in [-0.15, -0.1) is 0 Å². The average molecular weight is 333 g/mol. The molecular formula is C20H19N3O2. The molecule has 0 radical (unpaired) electrons. The fraction of sp³-hybridized carbons (Fsp3) is 0.150. The summed E-state index contributed by atoms with van der Waals surface area (Å²) < 4.78 is 1.30. The van der Waals surface area contributed by atoms with E-state index < -0.39 is 0 Å². The van der Waals surface area contributed by atoms with Crippen molar-refractivity contribution in [2.24, 2.45) is 7.05 Å². The van der Waals surface area contributed by atoms with Crippen LogP contribution in [0.15, 0.2) is 59.4 Å². The summed E-state index contributed by atoms with van der Waals surface area (Å²) in [6.07, 6.45) is 0. The first-order valence-electron chi connectivity index (χ1n) is 7.97. The molecule has 1 amide bonds. The smallest absolute Gasteiger partial charge is 0.266 e. The third-order valence-corrected chi connectivity index (χ3v) is 3.88. The van der Waals surface area contributed by atoms with E-state index in [0.717, 1.165) is 16.7 Å². The van der Waals surface area contributed by atoms with Crippen molar-refractivity contribution in [1.29, 1.82) is 0 Å². The molecule has 0 aliphatic heterocycles. The summed E-state index contributed by atoms with van der Waals surface area (Å²) in [4.78, 5) is 23.8. The number of carbonyl (C=O) groups excluding carboxylic acids is 1. The second-order valence-electron chi connectivity index (χ2n) is 6.09. The number of hydrogen-bond acceptors (Lipinski definition) is 3. The van der Waals surface area contributed by atoms with Gasteiger partial charge < -0.3 is 5.32 Å². The van der Waals surface area contributed by atoms with Crippen molar-refractivity contribution in [3.05, 3.63) is 81.6 Å². The Balaban J connectivity index is 1.79. The first-order chi connectivity index (χ1) is 11.9. The molecule has 0 aliphatic carbocycles. The Labute approximate surface area is 145 Å². The Morgan fingerprint density at radius 2 is 1.60 bits per heavy atom. The number of nitrogens with zero attached hydrogens (tertiary/aromatic N) is 2. The average Bonchev–Trinajstić information content (AvgIpc) is 2.57. The zero-order valence-electron chi connectivity index (χ0n) is 14.4. The highest BCUT2D eigenvalue weighted by Gasteiger charge is 2.08. The molecule has 3 rings (SSSR count). The van der Waals surface area contributed by atoms with Crippen LogP contribution in [-0.2, 0) is 7.05 Å². The standard InChI is InChI=1S/C20H19N3O2/c1-13-10-14(2)12-16(11-13)20(25)21-17-6-4-15(5-7-17)18-8-9-19(24)23(3)22-18/h4-12H,1-3H3,(H,21,25). The van der Waals surface area contributed by atoms with Gasteiger partial charge in [0.15, 0.2) is 0 Å². The topological polar surface area (TPSA) is 64.0 Å². The molecule has 0 aliphatic rings. The van der Waals surface area contributed by atoms with Crippen molar-refractivity contribution in [3.63, 3.8) is 0 Å². The Morgan fingerprint density at radius 3 is 2.20 bits per heavy atom. The van der Waals surface area contributed by atoms with Crippen LogP contribution in [-0.4, -0.2) is 15.7 Å². The largest absolute Gasteiger partial charge is 0.322 e. The Kier molecular flexibility index (Phi) is 4.48. The lowest BCUT2D eigenvalue weighted by Crippen LogP contribution is -2.18. The quantitative estimate of drug-likeness (QED) is 0.800. The van der Waals surface area contributed by atoms with Gasteiger partial charge in [-0.3, -0.25) is 9.59 Å². The van der Waals surface area contributed by atoms with Gasteiger partial charge in [0.05, 0.1) is 5.69 Å². The van der Waals surface area contributed by atoms with E-state index in [1.54, 1.807) is 13.1 Å². The fourth-order valence-electron chi connectivity index (χ4n) is 2.69.